The number of amidine groups is 1. The summed E-state index contributed by atoms with van der Waals surface area (Å²) in [5.41, 5.74) is 0.986. The minimum absolute atomic E-state index is 0.234. The Kier molecular flexibility index (Phi) is 5.53. The maximum absolute atomic E-state index is 5.32. The van der Waals surface area contributed by atoms with E-state index in [0.29, 0.717) is 13.2 Å². The van der Waals surface area contributed by atoms with E-state index in [2.05, 4.69) is 31.1 Å². The van der Waals surface area contributed by atoms with Crippen LogP contribution in [0.1, 0.15) is 11.5 Å². The molecular weight excluding hydrogens is 320 g/mol. The number of H-pyrrole nitrogens is 1. The number of hydrogen-bond donors (Lipinski definition) is 4. The van der Waals surface area contributed by atoms with Gasteiger partial charge >= 0.3 is 0 Å². The predicted molar refractivity (Wildman–Crippen MR) is 97.0 cm³/mol. The number of nitrogens with one attached hydrogen (secondary N) is 4. The number of aromatic nitrogens is 2. The van der Waals surface area contributed by atoms with Gasteiger partial charge in [-0.2, -0.15) is 5.10 Å². The van der Waals surface area contributed by atoms with Gasteiger partial charge in [0.15, 0.2) is 5.82 Å². The second-order valence-corrected chi connectivity index (χ2v) is 5.52. The molecular formula is C17H22N6O2. The first-order valence-corrected chi connectivity index (χ1v) is 8.02. The summed E-state index contributed by atoms with van der Waals surface area (Å²) < 4.78 is 10.4. The van der Waals surface area contributed by atoms with Crippen molar-refractivity contribution < 1.29 is 9.15 Å². The number of aliphatic imine (C=N–C) groups is 1. The van der Waals surface area contributed by atoms with Crippen LogP contribution in [0.15, 0.2) is 51.8 Å². The molecule has 3 rings (SSSR count). The van der Waals surface area contributed by atoms with Gasteiger partial charge in [0.2, 0.25) is 0 Å². The summed E-state index contributed by atoms with van der Waals surface area (Å²) in [5, 5.41) is 16.9. The highest BCUT2D eigenvalue weighted by Gasteiger charge is 2.14. The largest absolute Gasteiger partial charge is 0.465 e. The van der Waals surface area contributed by atoms with E-state index >= 15 is 0 Å². The van der Waals surface area contributed by atoms with Crippen molar-refractivity contribution in [2.75, 3.05) is 25.6 Å². The van der Waals surface area contributed by atoms with Crippen molar-refractivity contribution in [3.05, 3.63) is 53.9 Å². The lowest BCUT2D eigenvalue weighted by atomic mass is 10.3. The standard InChI is InChI=1S/C17H22N6O2/c1-12-10-17(23-22-12)21-16-11-15(18-7-9-24-2)19-14(20-16)6-5-13-4-3-8-25-13/h3-6,8,10-11,14,20H,7,9H2,1-2H3,(H,18,19)(H2,21,22,23)/b6-5+. The second kappa shape index (κ2) is 8.20. The second-order valence-electron chi connectivity index (χ2n) is 5.52. The summed E-state index contributed by atoms with van der Waals surface area (Å²) in [6, 6.07) is 5.67. The van der Waals surface area contributed by atoms with Crippen LogP contribution in [-0.4, -0.2) is 42.5 Å². The summed E-state index contributed by atoms with van der Waals surface area (Å²) in [4.78, 5) is 4.62. The minimum Gasteiger partial charge on any atom is -0.465 e. The monoisotopic (exact) mass is 342 g/mol. The quantitative estimate of drug-likeness (QED) is 0.573. The smallest absolute Gasteiger partial charge is 0.153 e. The van der Waals surface area contributed by atoms with Gasteiger partial charge in [0.05, 0.1) is 12.9 Å². The topological polar surface area (TPSA) is 99.5 Å². The van der Waals surface area contributed by atoms with Crippen LogP contribution in [-0.2, 0) is 4.74 Å². The van der Waals surface area contributed by atoms with E-state index in [-0.39, 0.29) is 6.17 Å². The molecule has 2 aromatic rings. The van der Waals surface area contributed by atoms with Crippen LogP contribution < -0.4 is 16.0 Å². The Morgan fingerprint density at radius 2 is 2.36 bits per heavy atom. The van der Waals surface area contributed by atoms with Gasteiger partial charge in [0.25, 0.3) is 0 Å². The highest BCUT2D eigenvalue weighted by atomic mass is 16.5. The summed E-state index contributed by atoms with van der Waals surface area (Å²) in [5.74, 6) is 3.08. The number of methoxy groups -OCH3 is 1. The first kappa shape index (κ1) is 16.8. The predicted octanol–water partition coefficient (Wildman–Crippen LogP) is 1.84. The van der Waals surface area contributed by atoms with Crippen molar-refractivity contribution in [2.45, 2.75) is 13.1 Å². The number of rotatable bonds is 7. The molecule has 2 aromatic heterocycles. The van der Waals surface area contributed by atoms with E-state index in [1.54, 1.807) is 13.4 Å². The van der Waals surface area contributed by atoms with Crippen LogP contribution in [0, 0.1) is 6.92 Å². The Hall–Kier alpha value is -3.00. The Bertz CT molecular complexity index is 760. The fraction of sp³-hybridized carbons (Fsp3) is 0.294. The van der Waals surface area contributed by atoms with Crippen molar-refractivity contribution in [1.29, 1.82) is 0 Å². The highest BCUT2D eigenvalue weighted by molar-refractivity contribution is 5.94. The van der Waals surface area contributed by atoms with Crippen molar-refractivity contribution in [1.82, 2.24) is 20.8 Å². The number of nitrogens with zero attached hydrogens (tertiary/aromatic N) is 2. The molecule has 1 atom stereocenters. The Balaban J connectivity index is 1.71. The number of anilines is 1. The molecule has 8 nitrogen and oxygen atoms in total. The van der Waals surface area contributed by atoms with Gasteiger partial charge in [0.1, 0.15) is 23.6 Å². The lowest BCUT2D eigenvalue weighted by molar-refractivity contribution is 0.204. The third-order valence-corrected chi connectivity index (χ3v) is 3.43. The van der Waals surface area contributed by atoms with Gasteiger partial charge in [-0.3, -0.25) is 5.10 Å². The molecule has 3 heterocycles. The Labute approximate surface area is 146 Å². The van der Waals surface area contributed by atoms with Gasteiger partial charge in [-0.05, 0) is 31.2 Å². The molecule has 0 aliphatic carbocycles. The lowest BCUT2D eigenvalue weighted by Crippen LogP contribution is -2.38. The van der Waals surface area contributed by atoms with E-state index in [1.165, 1.54) is 0 Å². The molecule has 1 aliphatic rings. The van der Waals surface area contributed by atoms with Crippen molar-refractivity contribution in [3.63, 3.8) is 0 Å². The van der Waals surface area contributed by atoms with E-state index in [4.69, 9.17) is 9.15 Å². The molecule has 0 amide bonds. The zero-order valence-corrected chi connectivity index (χ0v) is 14.2. The third-order valence-electron chi connectivity index (χ3n) is 3.43. The molecule has 0 radical (unpaired) electrons. The molecule has 4 N–H and O–H groups in total. The summed E-state index contributed by atoms with van der Waals surface area (Å²) >= 11 is 0. The number of aryl methyl sites for hydroxylation is 1. The molecule has 0 bridgehead atoms. The Morgan fingerprint density at radius 1 is 1.44 bits per heavy atom. The van der Waals surface area contributed by atoms with E-state index in [1.807, 2.05) is 43.4 Å². The molecule has 0 saturated carbocycles. The molecule has 1 unspecified atom stereocenters. The fourth-order valence-electron chi connectivity index (χ4n) is 2.29. The molecule has 1 aliphatic heterocycles. The van der Waals surface area contributed by atoms with Gasteiger partial charge in [0, 0.05) is 31.5 Å². The van der Waals surface area contributed by atoms with Gasteiger partial charge in [-0.25, -0.2) is 4.99 Å². The van der Waals surface area contributed by atoms with Crippen LogP contribution in [0.4, 0.5) is 5.82 Å². The highest BCUT2D eigenvalue weighted by Crippen LogP contribution is 2.11. The Morgan fingerprint density at radius 3 is 3.08 bits per heavy atom. The molecule has 8 heteroatoms. The van der Waals surface area contributed by atoms with E-state index in [0.717, 1.165) is 28.9 Å². The normalized spacial score (nSPS) is 17.1. The first-order valence-electron chi connectivity index (χ1n) is 8.02. The average Bonchev–Trinajstić information content (AvgIpc) is 3.25. The number of ether oxygens (including phenoxy) is 1. The number of aromatic amines is 1. The summed E-state index contributed by atoms with van der Waals surface area (Å²) in [6.07, 6.45) is 7.12. The average molecular weight is 342 g/mol. The van der Waals surface area contributed by atoms with Crippen LogP contribution >= 0.6 is 0 Å². The van der Waals surface area contributed by atoms with E-state index in [9.17, 15) is 0 Å². The van der Waals surface area contributed by atoms with Crippen LogP contribution in [0.3, 0.4) is 0 Å². The molecule has 0 fully saturated rings. The molecule has 0 spiro atoms. The number of hydrogen-bond acceptors (Lipinski definition) is 7. The molecule has 25 heavy (non-hydrogen) atoms. The molecule has 0 saturated heterocycles. The zero-order chi connectivity index (χ0) is 17.5. The lowest BCUT2D eigenvalue weighted by Gasteiger charge is -2.22. The van der Waals surface area contributed by atoms with Gasteiger partial charge in [-0.1, -0.05) is 0 Å². The van der Waals surface area contributed by atoms with Crippen molar-refractivity contribution in [2.24, 2.45) is 4.99 Å². The van der Waals surface area contributed by atoms with Gasteiger partial charge in [-0.15, -0.1) is 0 Å². The molecule has 0 aromatic carbocycles. The van der Waals surface area contributed by atoms with Crippen LogP contribution in [0.25, 0.3) is 6.08 Å². The van der Waals surface area contributed by atoms with Gasteiger partial charge < -0.3 is 25.1 Å². The van der Waals surface area contributed by atoms with Crippen LogP contribution in [0.5, 0.6) is 0 Å². The summed E-state index contributed by atoms with van der Waals surface area (Å²) in [6.45, 7) is 3.23. The van der Waals surface area contributed by atoms with Crippen LogP contribution in [0.2, 0.25) is 0 Å². The summed E-state index contributed by atoms with van der Waals surface area (Å²) in [7, 11) is 1.67. The third kappa shape index (κ3) is 4.98. The SMILES string of the molecule is COCCNC1=NC(/C=C/c2ccco2)NC(Nc2cc(C)[nH]n2)=C1. The zero-order valence-electron chi connectivity index (χ0n) is 14.2. The van der Waals surface area contributed by atoms with Crippen molar-refractivity contribution >= 4 is 17.7 Å². The minimum atomic E-state index is -0.234. The van der Waals surface area contributed by atoms with E-state index < -0.39 is 0 Å². The maximum atomic E-state index is 5.32. The first-order chi connectivity index (χ1) is 12.2. The fourth-order valence-corrected chi connectivity index (χ4v) is 2.29. The maximum Gasteiger partial charge on any atom is 0.153 e. The molecule has 132 valence electrons. The number of furan rings is 1. The van der Waals surface area contributed by atoms with Crippen molar-refractivity contribution in [3.8, 4) is 0 Å².